The van der Waals surface area contributed by atoms with E-state index in [1.165, 1.54) is 10.8 Å². The fourth-order valence-corrected chi connectivity index (χ4v) is 1.72. The Labute approximate surface area is 81.5 Å². The summed E-state index contributed by atoms with van der Waals surface area (Å²) in [7, 11) is 0. The zero-order chi connectivity index (χ0) is 9.10. The summed E-state index contributed by atoms with van der Waals surface area (Å²) in [4.78, 5) is 4.08. The van der Waals surface area contributed by atoms with Crippen molar-refractivity contribution >= 4 is 28.4 Å². The van der Waals surface area contributed by atoms with Gasteiger partial charge in [0, 0.05) is 29.4 Å². The van der Waals surface area contributed by atoms with E-state index in [2.05, 4.69) is 21.8 Å². The molecular weight excluding hydrogens is 180 g/mol. The molecule has 1 N–H and O–H groups in total. The highest BCUT2D eigenvalue weighted by Gasteiger charge is 1.97. The highest BCUT2D eigenvalue weighted by Crippen LogP contribution is 2.23. The van der Waals surface area contributed by atoms with Crippen LogP contribution >= 0.6 is 11.9 Å². The predicted molar refractivity (Wildman–Crippen MR) is 58.9 cm³/mol. The van der Waals surface area contributed by atoms with Crippen LogP contribution in [-0.2, 0) is 0 Å². The summed E-state index contributed by atoms with van der Waals surface area (Å²) in [6.45, 7) is 0. The second-order valence-corrected chi connectivity index (χ2v) is 3.32. The Bertz CT molecular complexity index is 409. The van der Waals surface area contributed by atoms with Crippen molar-refractivity contribution in [3.8, 4) is 0 Å². The third kappa shape index (κ3) is 1.60. The number of rotatable bonds is 2. The number of nitrogens with zero attached hydrogens (tertiary/aromatic N) is 1. The average Bonchev–Trinajstić information content (AvgIpc) is 2.19. The predicted octanol–water partition coefficient (Wildman–Crippen LogP) is 2.92. The van der Waals surface area contributed by atoms with Crippen LogP contribution in [0.25, 0.3) is 10.8 Å². The van der Waals surface area contributed by atoms with Crippen molar-refractivity contribution in [2.45, 2.75) is 0 Å². The van der Waals surface area contributed by atoms with Crippen LogP contribution in [0.5, 0.6) is 0 Å². The molecule has 2 rings (SSSR count). The van der Waals surface area contributed by atoms with Crippen LogP contribution in [0.15, 0.2) is 36.7 Å². The fourth-order valence-electron chi connectivity index (χ4n) is 1.32. The van der Waals surface area contributed by atoms with Gasteiger partial charge in [0.15, 0.2) is 0 Å². The van der Waals surface area contributed by atoms with E-state index in [0.717, 1.165) is 5.69 Å². The van der Waals surface area contributed by atoms with Crippen molar-refractivity contribution in [2.75, 3.05) is 11.0 Å². The lowest BCUT2D eigenvalue weighted by atomic mass is 10.1. The maximum atomic E-state index is 4.08. The number of aromatic nitrogens is 1. The first-order valence-corrected chi connectivity index (χ1v) is 5.26. The van der Waals surface area contributed by atoms with E-state index in [4.69, 9.17) is 0 Å². The van der Waals surface area contributed by atoms with Crippen LogP contribution in [0.3, 0.4) is 0 Å². The number of pyridine rings is 1. The Morgan fingerprint density at radius 3 is 3.08 bits per heavy atom. The smallest absolute Gasteiger partial charge is 0.0520 e. The Kier molecular flexibility index (Phi) is 2.36. The first-order chi connectivity index (χ1) is 6.42. The van der Waals surface area contributed by atoms with Crippen molar-refractivity contribution in [3.63, 3.8) is 0 Å². The summed E-state index contributed by atoms with van der Waals surface area (Å²) < 4.78 is 3.24. The van der Waals surface area contributed by atoms with Crippen LogP contribution in [-0.4, -0.2) is 11.2 Å². The van der Waals surface area contributed by atoms with Gasteiger partial charge in [-0.3, -0.25) is 4.98 Å². The van der Waals surface area contributed by atoms with Crippen molar-refractivity contribution in [1.82, 2.24) is 4.98 Å². The van der Waals surface area contributed by atoms with E-state index in [-0.39, 0.29) is 0 Å². The lowest BCUT2D eigenvalue weighted by molar-refractivity contribution is 1.36. The summed E-state index contributed by atoms with van der Waals surface area (Å²) in [6.07, 6.45) is 5.70. The summed E-state index contributed by atoms with van der Waals surface area (Å²) in [6, 6.07) is 8.18. The normalized spacial score (nSPS) is 10.2. The number of hydrogen-bond donors (Lipinski definition) is 1. The average molecular weight is 190 g/mol. The van der Waals surface area contributed by atoms with E-state index in [0.29, 0.717) is 0 Å². The van der Waals surface area contributed by atoms with Gasteiger partial charge in [0.1, 0.15) is 0 Å². The lowest BCUT2D eigenvalue weighted by Crippen LogP contribution is -1.86. The summed E-state index contributed by atoms with van der Waals surface area (Å²) in [5.41, 5.74) is 1.15. The number of hydrogen-bond acceptors (Lipinski definition) is 3. The van der Waals surface area contributed by atoms with Gasteiger partial charge < -0.3 is 4.72 Å². The SMILES string of the molecule is CSNc1cccc2cnccc12. The summed E-state index contributed by atoms with van der Waals surface area (Å²) in [5.74, 6) is 0. The monoisotopic (exact) mass is 190 g/mol. The molecular formula is C10H10N2S. The molecule has 1 aromatic heterocycles. The standard InChI is InChI=1S/C10H10N2S/c1-13-12-10-4-2-3-8-7-11-6-5-9(8)10/h2-7,12H,1H3. The maximum absolute atomic E-state index is 4.08. The minimum Gasteiger partial charge on any atom is -0.329 e. The van der Waals surface area contributed by atoms with Crippen LogP contribution in [0, 0.1) is 0 Å². The van der Waals surface area contributed by atoms with E-state index in [9.17, 15) is 0 Å². The van der Waals surface area contributed by atoms with Gasteiger partial charge in [-0.1, -0.05) is 24.1 Å². The first kappa shape index (κ1) is 8.38. The molecule has 0 unspecified atom stereocenters. The molecule has 0 bridgehead atoms. The first-order valence-electron chi connectivity index (χ1n) is 4.03. The molecule has 1 heterocycles. The number of nitrogens with one attached hydrogen (secondary N) is 1. The minimum atomic E-state index is 1.15. The maximum Gasteiger partial charge on any atom is 0.0520 e. The Hall–Kier alpha value is -1.22. The van der Waals surface area contributed by atoms with Gasteiger partial charge >= 0.3 is 0 Å². The largest absolute Gasteiger partial charge is 0.329 e. The lowest BCUT2D eigenvalue weighted by Gasteiger charge is -2.05. The molecule has 0 saturated heterocycles. The Balaban J connectivity index is 2.61. The summed E-state index contributed by atoms with van der Waals surface area (Å²) >= 11 is 1.60. The topological polar surface area (TPSA) is 24.9 Å². The Morgan fingerprint density at radius 1 is 1.31 bits per heavy atom. The van der Waals surface area contributed by atoms with Gasteiger partial charge in [-0.15, -0.1) is 0 Å². The van der Waals surface area contributed by atoms with Crippen LogP contribution < -0.4 is 4.72 Å². The highest BCUT2D eigenvalue weighted by molar-refractivity contribution is 7.99. The van der Waals surface area contributed by atoms with Crippen molar-refractivity contribution < 1.29 is 0 Å². The molecule has 3 heteroatoms. The molecule has 0 saturated carbocycles. The van der Waals surface area contributed by atoms with Gasteiger partial charge in [-0.2, -0.15) is 0 Å². The molecule has 66 valence electrons. The van der Waals surface area contributed by atoms with Crippen LogP contribution in [0.1, 0.15) is 0 Å². The van der Waals surface area contributed by atoms with Crippen molar-refractivity contribution in [2.24, 2.45) is 0 Å². The van der Waals surface area contributed by atoms with E-state index >= 15 is 0 Å². The number of anilines is 1. The minimum absolute atomic E-state index is 1.15. The molecule has 0 spiro atoms. The van der Waals surface area contributed by atoms with Crippen LogP contribution in [0.4, 0.5) is 5.69 Å². The molecule has 0 atom stereocenters. The van der Waals surface area contributed by atoms with Crippen molar-refractivity contribution in [1.29, 1.82) is 0 Å². The second kappa shape index (κ2) is 3.66. The quantitative estimate of drug-likeness (QED) is 0.737. The molecule has 2 nitrogen and oxygen atoms in total. The highest BCUT2D eigenvalue weighted by atomic mass is 32.2. The molecule has 0 aliphatic heterocycles. The number of benzene rings is 1. The Morgan fingerprint density at radius 2 is 2.23 bits per heavy atom. The van der Waals surface area contributed by atoms with E-state index in [1.807, 2.05) is 30.8 Å². The second-order valence-electron chi connectivity index (χ2n) is 2.71. The van der Waals surface area contributed by atoms with Gasteiger partial charge in [-0.25, -0.2) is 0 Å². The number of fused-ring (bicyclic) bond motifs is 1. The summed E-state index contributed by atoms with van der Waals surface area (Å²) in [5, 5.41) is 2.38. The van der Waals surface area contributed by atoms with Gasteiger partial charge in [0.25, 0.3) is 0 Å². The molecule has 13 heavy (non-hydrogen) atoms. The molecule has 2 aromatic rings. The zero-order valence-electron chi connectivity index (χ0n) is 7.32. The third-order valence-corrected chi connectivity index (χ3v) is 2.32. The molecule has 1 aromatic carbocycles. The van der Waals surface area contributed by atoms with Gasteiger partial charge in [-0.05, 0) is 12.1 Å². The van der Waals surface area contributed by atoms with E-state index in [1.54, 1.807) is 11.9 Å². The molecule has 0 radical (unpaired) electrons. The van der Waals surface area contributed by atoms with Gasteiger partial charge in [0.05, 0.1) is 5.69 Å². The van der Waals surface area contributed by atoms with Crippen LogP contribution in [0.2, 0.25) is 0 Å². The third-order valence-electron chi connectivity index (χ3n) is 1.89. The zero-order valence-corrected chi connectivity index (χ0v) is 8.14. The molecule has 0 fully saturated rings. The fraction of sp³-hybridized carbons (Fsp3) is 0.100. The molecule has 0 aliphatic carbocycles. The van der Waals surface area contributed by atoms with Gasteiger partial charge in [0.2, 0.25) is 0 Å². The molecule has 0 aliphatic rings. The van der Waals surface area contributed by atoms with Crippen molar-refractivity contribution in [3.05, 3.63) is 36.7 Å². The van der Waals surface area contributed by atoms with E-state index < -0.39 is 0 Å². The molecule has 0 amide bonds.